The van der Waals surface area contributed by atoms with Crippen molar-refractivity contribution in [1.29, 1.82) is 0 Å². The number of pyridine rings is 2. The van der Waals surface area contributed by atoms with E-state index >= 15 is 0 Å². The minimum atomic E-state index is 0.841. The molecule has 0 spiro atoms. The van der Waals surface area contributed by atoms with Crippen molar-refractivity contribution in [2.24, 2.45) is 0 Å². The van der Waals surface area contributed by atoms with E-state index in [0.29, 0.717) is 0 Å². The van der Waals surface area contributed by atoms with Gasteiger partial charge in [0.1, 0.15) is 5.52 Å². The Hall–Kier alpha value is -1.24. The third-order valence-electron chi connectivity index (χ3n) is 3.39. The monoisotopic (exact) mass is 336 g/mol. The van der Waals surface area contributed by atoms with Crippen molar-refractivity contribution in [3.63, 3.8) is 0 Å². The highest BCUT2D eigenvalue weighted by Gasteiger charge is 2.10. The van der Waals surface area contributed by atoms with Gasteiger partial charge in [-0.1, -0.05) is 0 Å². The van der Waals surface area contributed by atoms with Gasteiger partial charge in [0.15, 0.2) is 0 Å². The Labute approximate surface area is 126 Å². The number of hydrogen-bond acceptors (Lipinski definition) is 5. The molecule has 0 radical (unpaired) electrons. The molecule has 3 heterocycles. The van der Waals surface area contributed by atoms with Crippen molar-refractivity contribution >= 4 is 32.7 Å². The molecule has 0 amide bonds. The number of ether oxygens (including phenoxy) is 1. The molecule has 2 aromatic heterocycles. The molecule has 0 bridgehead atoms. The lowest BCUT2D eigenvalue weighted by Crippen LogP contribution is -2.39. The third-order valence-corrected chi connectivity index (χ3v) is 3.83. The highest BCUT2D eigenvalue weighted by molar-refractivity contribution is 9.10. The fraction of sp³-hybridized carbons (Fsp3) is 0.429. The molecule has 0 unspecified atom stereocenters. The second kappa shape index (κ2) is 6.47. The first kappa shape index (κ1) is 13.7. The van der Waals surface area contributed by atoms with Crippen LogP contribution in [0.1, 0.15) is 0 Å². The fourth-order valence-corrected chi connectivity index (χ4v) is 2.64. The van der Waals surface area contributed by atoms with Gasteiger partial charge in [-0.15, -0.1) is 0 Å². The van der Waals surface area contributed by atoms with Crippen LogP contribution < -0.4 is 5.32 Å². The lowest BCUT2D eigenvalue weighted by atomic mass is 10.3. The van der Waals surface area contributed by atoms with Gasteiger partial charge in [-0.25, -0.2) is 0 Å². The van der Waals surface area contributed by atoms with Gasteiger partial charge < -0.3 is 10.1 Å². The first-order valence-electron chi connectivity index (χ1n) is 6.77. The van der Waals surface area contributed by atoms with Crippen LogP contribution in [0.15, 0.2) is 29.0 Å². The number of morpholine rings is 1. The summed E-state index contributed by atoms with van der Waals surface area (Å²) < 4.78 is 6.30. The molecule has 0 aliphatic carbocycles. The van der Waals surface area contributed by atoms with Crippen LogP contribution in [0.5, 0.6) is 0 Å². The van der Waals surface area contributed by atoms with Crippen LogP contribution >= 0.6 is 15.9 Å². The summed E-state index contributed by atoms with van der Waals surface area (Å²) in [5.74, 6) is 0. The minimum Gasteiger partial charge on any atom is -0.382 e. The number of rotatable bonds is 4. The normalized spacial score (nSPS) is 16.4. The number of anilines is 1. The summed E-state index contributed by atoms with van der Waals surface area (Å²) in [5, 5.41) is 3.45. The smallest absolute Gasteiger partial charge is 0.112 e. The van der Waals surface area contributed by atoms with Crippen molar-refractivity contribution in [3.05, 3.63) is 29.0 Å². The Morgan fingerprint density at radius 2 is 2.15 bits per heavy atom. The van der Waals surface area contributed by atoms with Crippen LogP contribution in [0.25, 0.3) is 11.0 Å². The van der Waals surface area contributed by atoms with E-state index in [9.17, 15) is 0 Å². The average molecular weight is 337 g/mol. The van der Waals surface area contributed by atoms with Crippen molar-refractivity contribution in [3.8, 4) is 0 Å². The van der Waals surface area contributed by atoms with Gasteiger partial charge in [0.25, 0.3) is 0 Å². The molecule has 0 saturated carbocycles. The van der Waals surface area contributed by atoms with Crippen LogP contribution in [-0.4, -0.2) is 54.3 Å². The van der Waals surface area contributed by atoms with E-state index in [1.54, 1.807) is 6.20 Å². The lowest BCUT2D eigenvalue weighted by Gasteiger charge is -2.26. The van der Waals surface area contributed by atoms with Gasteiger partial charge in [-0.3, -0.25) is 14.9 Å². The van der Waals surface area contributed by atoms with Crippen LogP contribution in [0.3, 0.4) is 0 Å². The summed E-state index contributed by atoms with van der Waals surface area (Å²) in [7, 11) is 0. The molecule has 3 rings (SSSR count). The van der Waals surface area contributed by atoms with Gasteiger partial charge in [0, 0.05) is 43.0 Å². The number of aromatic nitrogens is 2. The van der Waals surface area contributed by atoms with Gasteiger partial charge in [-0.2, -0.15) is 0 Å². The molecule has 6 heteroatoms. The van der Waals surface area contributed by atoms with E-state index in [0.717, 1.165) is 60.6 Å². The van der Waals surface area contributed by atoms with Crippen molar-refractivity contribution in [2.45, 2.75) is 0 Å². The quantitative estimate of drug-likeness (QED) is 0.926. The van der Waals surface area contributed by atoms with Crippen LogP contribution in [0.4, 0.5) is 5.69 Å². The average Bonchev–Trinajstić information content (AvgIpc) is 2.48. The van der Waals surface area contributed by atoms with Gasteiger partial charge in [0.05, 0.1) is 24.4 Å². The second-order valence-corrected chi connectivity index (χ2v) is 5.68. The molecule has 0 aromatic carbocycles. The van der Waals surface area contributed by atoms with Crippen LogP contribution in [-0.2, 0) is 4.74 Å². The molecule has 20 heavy (non-hydrogen) atoms. The second-order valence-electron chi connectivity index (χ2n) is 4.76. The summed E-state index contributed by atoms with van der Waals surface area (Å²) in [5.41, 5.74) is 2.85. The minimum absolute atomic E-state index is 0.841. The SMILES string of the molecule is Brc1cnc2c(NCCN3CCOCC3)ccnc2c1. The molecule has 1 N–H and O–H groups in total. The van der Waals surface area contributed by atoms with Gasteiger partial charge in [-0.05, 0) is 28.1 Å². The van der Waals surface area contributed by atoms with E-state index in [2.05, 4.69) is 36.1 Å². The standard InChI is InChI=1S/C14H17BrN4O/c15-11-9-13-14(18-10-11)12(1-2-16-13)17-3-4-19-5-7-20-8-6-19/h1-2,9-10H,3-8H2,(H,16,17). The highest BCUT2D eigenvalue weighted by Crippen LogP contribution is 2.21. The zero-order chi connectivity index (χ0) is 13.8. The molecule has 1 saturated heterocycles. The Kier molecular flexibility index (Phi) is 4.44. The summed E-state index contributed by atoms with van der Waals surface area (Å²) in [4.78, 5) is 11.2. The Morgan fingerprint density at radius 3 is 3.00 bits per heavy atom. The Balaban J connectivity index is 1.65. The van der Waals surface area contributed by atoms with Gasteiger partial charge >= 0.3 is 0 Å². The first-order valence-corrected chi connectivity index (χ1v) is 7.56. The fourth-order valence-electron chi connectivity index (χ4n) is 2.32. The molecular formula is C14H17BrN4O. The van der Waals surface area contributed by atoms with Gasteiger partial charge in [0.2, 0.25) is 0 Å². The Bertz CT molecular complexity index is 586. The summed E-state index contributed by atoms with van der Waals surface area (Å²) in [6.07, 6.45) is 3.62. The number of fused-ring (bicyclic) bond motifs is 1. The summed E-state index contributed by atoms with van der Waals surface area (Å²) >= 11 is 3.42. The largest absolute Gasteiger partial charge is 0.382 e. The highest BCUT2D eigenvalue weighted by atomic mass is 79.9. The molecule has 0 atom stereocenters. The molecule has 1 aliphatic rings. The number of nitrogens with one attached hydrogen (secondary N) is 1. The van der Waals surface area contributed by atoms with E-state index < -0.39 is 0 Å². The zero-order valence-corrected chi connectivity index (χ0v) is 12.8. The molecular weight excluding hydrogens is 320 g/mol. The molecule has 2 aromatic rings. The third kappa shape index (κ3) is 3.26. The maximum atomic E-state index is 5.35. The number of nitrogens with zero attached hydrogens (tertiary/aromatic N) is 3. The summed E-state index contributed by atoms with van der Waals surface area (Å²) in [6, 6.07) is 3.96. The zero-order valence-electron chi connectivity index (χ0n) is 11.2. The van der Waals surface area contributed by atoms with E-state index in [1.807, 2.05) is 18.3 Å². The molecule has 106 valence electrons. The number of halogens is 1. The number of hydrogen-bond donors (Lipinski definition) is 1. The van der Waals surface area contributed by atoms with E-state index in [1.165, 1.54) is 0 Å². The maximum absolute atomic E-state index is 5.35. The molecule has 1 aliphatic heterocycles. The molecule has 5 nitrogen and oxygen atoms in total. The van der Waals surface area contributed by atoms with Crippen molar-refractivity contribution in [1.82, 2.24) is 14.9 Å². The predicted octanol–water partition coefficient (Wildman–Crippen LogP) is 2.14. The lowest BCUT2D eigenvalue weighted by molar-refractivity contribution is 0.0398. The summed E-state index contributed by atoms with van der Waals surface area (Å²) in [6.45, 7) is 5.63. The predicted molar refractivity (Wildman–Crippen MR) is 83.0 cm³/mol. The van der Waals surface area contributed by atoms with E-state index in [-0.39, 0.29) is 0 Å². The van der Waals surface area contributed by atoms with Crippen LogP contribution in [0, 0.1) is 0 Å². The van der Waals surface area contributed by atoms with E-state index in [4.69, 9.17) is 4.74 Å². The molecule has 1 fully saturated rings. The Morgan fingerprint density at radius 1 is 1.30 bits per heavy atom. The maximum Gasteiger partial charge on any atom is 0.112 e. The van der Waals surface area contributed by atoms with Crippen molar-refractivity contribution < 1.29 is 4.74 Å². The van der Waals surface area contributed by atoms with Crippen molar-refractivity contribution in [2.75, 3.05) is 44.7 Å². The van der Waals surface area contributed by atoms with Crippen LogP contribution in [0.2, 0.25) is 0 Å². The first-order chi connectivity index (χ1) is 9.83. The topological polar surface area (TPSA) is 50.3 Å².